The Bertz CT molecular complexity index is 1180. The first-order chi connectivity index (χ1) is 13.4. The van der Waals surface area contributed by atoms with Crippen LogP contribution in [0.5, 0.6) is 11.6 Å². The molecule has 28 heavy (non-hydrogen) atoms. The fourth-order valence-electron chi connectivity index (χ4n) is 2.50. The number of hydrogen-bond acceptors (Lipinski definition) is 7. The number of ether oxygens (including phenoxy) is 1. The SMILES string of the molecule is COc1ccc([N+](=O)[O-])cc1N=Cc1c(O)n(-c2ccccc2)c(=O)[nH]c1=O. The molecule has 0 atom stereocenters. The Morgan fingerprint density at radius 3 is 2.57 bits per heavy atom. The van der Waals surface area contributed by atoms with Crippen LogP contribution < -0.4 is 16.0 Å². The smallest absolute Gasteiger partial charge is 0.335 e. The number of aliphatic imine (C=N–C) groups is 1. The highest BCUT2D eigenvalue weighted by Crippen LogP contribution is 2.31. The molecule has 0 radical (unpaired) electrons. The minimum atomic E-state index is -0.858. The van der Waals surface area contributed by atoms with E-state index in [0.29, 0.717) is 5.69 Å². The standard InChI is InChI=1S/C18H14N4O6/c1-28-15-8-7-12(22(26)27)9-14(15)19-10-13-16(23)20-18(25)21(17(13)24)11-5-3-2-4-6-11/h2-10,24H,1H3,(H,20,23,25). The number of nitrogens with zero attached hydrogens (tertiary/aromatic N) is 3. The number of nitro benzene ring substituents is 1. The Kier molecular flexibility index (Phi) is 5.03. The van der Waals surface area contributed by atoms with Gasteiger partial charge in [-0.1, -0.05) is 18.2 Å². The molecule has 0 saturated carbocycles. The molecule has 10 heteroatoms. The number of rotatable bonds is 5. The van der Waals surface area contributed by atoms with Crippen LogP contribution in [0.25, 0.3) is 5.69 Å². The summed E-state index contributed by atoms with van der Waals surface area (Å²) in [5.74, 6) is -0.387. The van der Waals surface area contributed by atoms with Crippen molar-refractivity contribution in [1.29, 1.82) is 0 Å². The van der Waals surface area contributed by atoms with E-state index in [0.717, 1.165) is 16.8 Å². The Labute approximate surface area is 157 Å². The Morgan fingerprint density at radius 2 is 1.93 bits per heavy atom. The fraction of sp³-hybridized carbons (Fsp3) is 0.0556. The second-order valence-electron chi connectivity index (χ2n) is 5.54. The van der Waals surface area contributed by atoms with Crippen molar-refractivity contribution in [2.24, 2.45) is 4.99 Å². The summed E-state index contributed by atoms with van der Waals surface area (Å²) in [6, 6.07) is 12.0. The molecule has 3 aromatic rings. The second-order valence-corrected chi connectivity index (χ2v) is 5.54. The quantitative estimate of drug-likeness (QED) is 0.392. The molecule has 0 fully saturated rings. The lowest BCUT2D eigenvalue weighted by molar-refractivity contribution is -0.384. The van der Waals surface area contributed by atoms with Gasteiger partial charge < -0.3 is 9.84 Å². The van der Waals surface area contributed by atoms with Crippen molar-refractivity contribution >= 4 is 17.6 Å². The average Bonchev–Trinajstić information content (AvgIpc) is 2.68. The zero-order valence-electron chi connectivity index (χ0n) is 14.5. The molecule has 0 aliphatic heterocycles. The van der Waals surface area contributed by atoms with Gasteiger partial charge >= 0.3 is 5.69 Å². The number of methoxy groups -OCH3 is 1. The third-order valence-electron chi connectivity index (χ3n) is 3.84. The topological polar surface area (TPSA) is 140 Å². The van der Waals surface area contributed by atoms with Gasteiger partial charge in [-0.3, -0.25) is 24.9 Å². The molecule has 0 amide bonds. The van der Waals surface area contributed by atoms with Gasteiger partial charge in [0.05, 0.1) is 17.7 Å². The summed E-state index contributed by atoms with van der Waals surface area (Å²) in [6.45, 7) is 0. The molecule has 2 N–H and O–H groups in total. The summed E-state index contributed by atoms with van der Waals surface area (Å²) < 4.78 is 6.01. The zero-order valence-corrected chi connectivity index (χ0v) is 14.5. The lowest BCUT2D eigenvalue weighted by Crippen LogP contribution is -2.31. The molecule has 0 spiro atoms. The van der Waals surface area contributed by atoms with Gasteiger partial charge in [-0.15, -0.1) is 0 Å². The molecule has 0 bridgehead atoms. The van der Waals surface area contributed by atoms with E-state index in [9.17, 15) is 24.8 Å². The third-order valence-corrected chi connectivity index (χ3v) is 3.84. The van der Waals surface area contributed by atoms with Crippen molar-refractivity contribution in [3.05, 3.63) is 85.0 Å². The number of H-pyrrole nitrogens is 1. The van der Waals surface area contributed by atoms with Crippen molar-refractivity contribution in [2.75, 3.05) is 7.11 Å². The molecule has 1 heterocycles. The number of nitrogens with one attached hydrogen (secondary N) is 1. The van der Waals surface area contributed by atoms with Crippen molar-refractivity contribution < 1.29 is 14.8 Å². The maximum atomic E-state index is 12.1. The van der Waals surface area contributed by atoms with Crippen LogP contribution in [0.1, 0.15) is 5.56 Å². The number of nitro groups is 1. The van der Waals surface area contributed by atoms with E-state index in [2.05, 4.69) is 9.98 Å². The molecule has 3 rings (SSSR count). The van der Waals surface area contributed by atoms with Crippen molar-refractivity contribution in [3.8, 4) is 17.3 Å². The first-order valence-electron chi connectivity index (χ1n) is 7.92. The number of para-hydroxylation sites is 1. The van der Waals surface area contributed by atoms with Crippen molar-refractivity contribution in [1.82, 2.24) is 9.55 Å². The van der Waals surface area contributed by atoms with E-state index in [4.69, 9.17) is 4.74 Å². The lowest BCUT2D eigenvalue weighted by atomic mass is 10.2. The molecular weight excluding hydrogens is 368 g/mol. The maximum Gasteiger partial charge on any atom is 0.335 e. The molecule has 1 aromatic heterocycles. The molecule has 0 saturated heterocycles. The maximum absolute atomic E-state index is 12.1. The molecule has 0 aliphatic carbocycles. The van der Waals surface area contributed by atoms with Crippen LogP contribution in [0, 0.1) is 10.1 Å². The second kappa shape index (κ2) is 7.58. The van der Waals surface area contributed by atoms with E-state index in [1.165, 1.54) is 19.2 Å². The van der Waals surface area contributed by atoms with E-state index in [-0.39, 0.29) is 22.7 Å². The fourth-order valence-corrected chi connectivity index (χ4v) is 2.50. The van der Waals surface area contributed by atoms with Crippen LogP contribution in [0.3, 0.4) is 0 Å². The van der Waals surface area contributed by atoms with E-state index in [1.807, 2.05) is 0 Å². The van der Waals surface area contributed by atoms with Gasteiger partial charge in [-0.05, 0) is 18.2 Å². The van der Waals surface area contributed by atoms with Crippen LogP contribution in [-0.2, 0) is 0 Å². The molecule has 142 valence electrons. The van der Waals surface area contributed by atoms with Crippen LogP contribution in [0.15, 0.2) is 63.1 Å². The van der Waals surface area contributed by atoms with Crippen LogP contribution >= 0.6 is 0 Å². The summed E-state index contributed by atoms with van der Waals surface area (Å²) >= 11 is 0. The number of non-ortho nitro benzene ring substituents is 1. The van der Waals surface area contributed by atoms with E-state index >= 15 is 0 Å². The highest BCUT2D eigenvalue weighted by molar-refractivity contribution is 5.85. The summed E-state index contributed by atoms with van der Waals surface area (Å²) in [5.41, 5.74) is -1.78. The van der Waals surface area contributed by atoms with Crippen molar-refractivity contribution in [3.63, 3.8) is 0 Å². The van der Waals surface area contributed by atoms with Gasteiger partial charge in [0.2, 0.25) is 5.88 Å². The molecule has 2 aromatic carbocycles. The number of aromatic nitrogens is 2. The first-order valence-corrected chi connectivity index (χ1v) is 7.92. The molecular formula is C18H14N4O6. The number of benzene rings is 2. The zero-order chi connectivity index (χ0) is 20.3. The summed E-state index contributed by atoms with van der Waals surface area (Å²) in [6.07, 6.45) is 1.01. The van der Waals surface area contributed by atoms with Gasteiger partial charge in [-0.2, -0.15) is 0 Å². The highest BCUT2D eigenvalue weighted by Gasteiger charge is 2.15. The van der Waals surface area contributed by atoms with E-state index in [1.54, 1.807) is 30.3 Å². The summed E-state index contributed by atoms with van der Waals surface area (Å²) in [4.78, 5) is 40.7. The number of hydrogen-bond donors (Lipinski definition) is 2. The lowest BCUT2D eigenvalue weighted by Gasteiger charge is -2.09. The largest absolute Gasteiger partial charge is 0.494 e. The minimum Gasteiger partial charge on any atom is -0.494 e. The average molecular weight is 382 g/mol. The highest BCUT2D eigenvalue weighted by atomic mass is 16.6. The minimum absolute atomic E-state index is 0.0768. The van der Waals surface area contributed by atoms with Crippen molar-refractivity contribution in [2.45, 2.75) is 0 Å². The van der Waals surface area contributed by atoms with Crippen LogP contribution in [0.4, 0.5) is 11.4 Å². The Hall–Kier alpha value is -4.21. The van der Waals surface area contributed by atoms with Gasteiger partial charge in [0, 0.05) is 18.3 Å². The summed E-state index contributed by atoms with van der Waals surface area (Å²) in [5, 5.41) is 21.4. The predicted molar refractivity (Wildman–Crippen MR) is 101 cm³/mol. The van der Waals surface area contributed by atoms with E-state index < -0.39 is 22.1 Å². The normalized spacial score (nSPS) is 10.9. The molecule has 0 unspecified atom stereocenters. The third kappa shape index (κ3) is 3.51. The molecule has 0 aliphatic rings. The predicted octanol–water partition coefficient (Wildman–Crippen LogP) is 1.90. The van der Waals surface area contributed by atoms with Gasteiger partial charge in [0.15, 0.2) is 0 Å². The Morgan fingerprint density at radius 1 is 1.21 bits per heavy atom. The van der Waals surface area contributed by atoms with Crippen LogP contribution in [-0.4, -0.2) is 32.9 Å². The summed E-state index contributed by atoms with van der Waals surface area (Å²) in [7, 11) is 1.36. The molecule has 10 nitrogen and oxygen atoms in total. The number of aromatic hydroxyl groups is 1. The number of aromatic amines is 1. The first kappa shape index (κ1) is 18.6. The van der Waals surface area contributed by atoms with Crippen LogP contribution in [0.2, 0.25) is 0 Å². The van der Waals surface area contributed by atoms with Gasteiger partial charge in [-0.25, -0.2) is 9.36 Å². The van der Waals surface area contributed by atoms with Gasteiger partial charge in [0.25, 0.3) is 11.2 Å². The van der Waals surface area contributed by atoms with Gasteiger partial charge in [0.1, 0.15) is 17.0 Å². The Balaban J connectivity index is 2.14. The monoisotopic (exact) mass is 382 g/mol.